The maximum Gasteiger partial charge on any atom is 0.0717 e. The van der Waals surface area contributed by atoms with Gasteiger partial charge in [0.05, 0.1) is 6.61 Å². The Morgan fingerprint density at radius 3 is 2.82 bits per heavy atom. The van der Waals surface area contributed by atoms with Crippen LogP contribution in [-0.2, 0) is 6.61 Å². The van der Waals surface area contributed by atoms with Gasteiger partial charge >= 0.3 is 0 Å². The molecule has 4 heteroatoms. The van der Waals surface area contributed by atoms with Crippen molar-refractivity contribution in [3.05, 3.63) is 23.5 Å². The zero-order chi connectivity index (χ0) is 12.8. The van der Waals surface area contributed by atoms with Crippen molar-refractivity contribution < 1.29 is 5.11 Å². The molecular weight excluding hydrogens is 232 g/mol. The summed E-state index contributed by atoms with van der Waals surface area (Å²) in [5, 5.41) is 9.35. The fraction of sp³-hybridized carbons (Fsp3) is 0.615. The highest BCUT2D eigenvalue weighted by Gasteiger charge is 2.13. The smallest absolute Gasteiger partial charge is 0.0717 e. The SMILES string of the molecule is CSCCC(C)N(C)c1cc(C)ncc1CO. The van der Waals surface area contributed by atoms with Gasteiger partial charge in [0.1, 0.15) is 0 Å². The second-order valence-corrected chi connectivity index (χ2v) is 5.34. The quantitative estimate of drug-likeness (QED) is 0.846. The highest BCUT2D eigenvalue weighted by atomic mass is 32.2. The molecule has 3 nitrogen and oxygen atoms in total. The Hall–Kier alpha value is -0.740. The number of aliphatic hydroxyl groups is 1. The maximum atomic E-state index is 9.35. The van der Waals surface area contributed by atoms with Crippen molar-refractivity contribution in [1.29, 1.82) is 0 Å². The summed E-state index contributed by atoms with van der Waals surface area (Å²) in [5.41, 5.74) is 2.98. The number of thioether (sulfide) groups is 1. The van der Waals surface area contributed by atoms with Gasteiger partial charge in [0.25, 0.3) is 0 Å². The van der Waals surface area contributed by atoms with Gasteiger partial charge in [0, 0.05) is 36.2 Å². The van der Waals surface area contributed by atoms with E-state index in [0.717, 1.165) is 29.1 Å². The molecular formula is C13H22N2OS. The van der Waals surface area contributed by atoms with Crippen molar-refractivity contribution in [2.75, 3.05) is 24.0 Å². The van der Waals surface area contributed by atoms with Crippen LogP contribution in [0.25, 0.3) is 0 Å². The first-order valence-electron chi connectivity index (χ1n) is 5.88. The standard InChI is InChI=1S/C13H22N2OS/c1-10-7-13(12(9-16)8-14-10)15(3)11(2)5-6-17-4/h7-8,11,16H,5-6,9H2,1-4H3. The lowest BCUT2D eigenvalue weighted by molar-refractivity contribution is 0.281. The molecule has 1 N–H and O–H groups in total. The van der Waals surface area contributed by atoms with Crippen LogP contribution < -0.4 is 4.90 Å². The van der Waals surface area contributed by atoms with E-state index in [0.29, 0.717) is 6.04 Å². The minimum absolute atomic E-state index is 0.0439. The summed E-state index contributed by atoms with van der Waals surface area (Å²) in [6.45, 7) is 4.24. The second kappa shape index (κ2) is 6.87. The summed E-state index contributed by atoms with van der Waals surface area (Å²) in [4.78, 5) is 6.46. The third-order valence-electron chi connectivity index (χ3n) is 3.05. The molecule has 1 aromatic heterocycles. The number of aromatic nitrogens is 1. The summed E-state index contributed by atoms with van der Waals surface area (Å²) in [7, 11) is 2.08. The van der Waals surface area contributed by atoms with Gasteiger partial charge < -0.3 is 10.0 Å². The summed E-state index contributed by atoms with van der Waals surface area (Å²) < 4.78 is 0. The molecule has 1 rings (SSSR count). The van der Waals surface area contributed by atoms with Gasteiger partial charge in [-0.2, -0.15) is 11.8 Å². The van der Waals surface area contributed by atoms with Crippen LogP contribution in [0, 0.1) is 6.92 Å². The van der Waals surface area contributed by atoms with Crippen LogP contribution in [0.3, 0.4) is 0 Å². The predicted molar refractivity (Wildman–Crippen MR) is 75.8 cm³/mol. The number of rotatable bonds is 6. The van der Waals surface area contributed by atoms with Gasteiger partial charge in [-0.1, -0.05) is 0 Å². The minimum atomic E-state index is 0.0439. The maximum absolute atomic E-state index is 9.35. The van der Waals surface area contributed by atoms with E-state index in [4.69, 9.17) is 0 Å². The Balaban J connectivity index is 2.86. The van der Waals surface area contributed by atoms with Crippen LogP contribution in [-0.4, -0.2) is 35.2 Å². The minimum Gasteiger partial charge on any atom is -0.392 e. The highest BCUT2D eigenvalue weighted by Crippen LogP contribution is 2.23. The molecule has 1 heterocycles. The molecule has 0 aliphatic rings. The fourth-order valence-corrected chi connectivity index (χ4v) is 2.32. The van der Waals surface area contributed by atoms with Crippen LogP contribution in [0.2, 0.25) is 0 Å². The number of hydrogen-bond donors (Lipinski definition) is 1. The number of aliphatic hydroxyl groups excluding tert-OH is 1. The summed E-state index contributed by atoms with van der Waals surface area (Å²) >= 11 is 1.87. The van der Waals surface area contributed by atoms with Crippen LogP contribution in [0.15, 0.2) is 12.3 Å². The Morgan fingerprint density at radius 2 is 2.24 bits per heavy atom. The molecule has 0 saturated carbocycles. The monoisotopic (exact) mass is 254 g/mol. The Morgan fingerprint density at radius 1 is 1.53 bits per heavy atom. The topological polar surface area (TPSA) is 36.4 Å². The van der Waals surface area contributed by atoms with Crippen molar-refractivity contribution >= 4 is 17.4 Å². The molecule has 0 aromatic carbocycles. The molecule has 0 aliphatic carbocycles. The Labute approximate surface area is 108 Å². The molecule has 0 saturated heterocycles. The van der Waals surface area contributed by atoms with Gasteiger partial charge in [0.15, 0.2) is 0 Å². The number of pyridine rings is 1. The van der Waals surface area contributed by atoms with Crippen molar-refractivity contribution in [2.24, 2.45) is 0 Å². The number of anilines is 1. The molecule has 1 unspecified atom stereocenters. The van der Waals surface area contributed by atoms with Crippen molar-refractivity contribution in [2.45, 2.75) is 32.9 Å². The van der Waals surface area contributed by atoms with Gasteiger partial charge in [-0.25, -0.2) is 0 Å². The van der Waals surface area contributed by atoms with E-state index in [1.807, 2.05) is 24.8 Å². The molecule has 96 valence electrons. The Bertz CT molecular complexity index is 357. The molecule has 0 aliphatic heterocycles. The summed E-state index contributed by atoms with van der Waals surface area (Å²) in [5.74, 6) is 1.16. The van der Waals surface area contributed by atoms with E-state index in [2.05, 4.69) is 30.1 Å². The van der Waals surface area contributed by atoms with Crippen LogP contribution in [0.1, 0.15) is 24.6 Å². The normalized spacial score (nSPS) is 12.5. The Kier molecular flexibility index (Phi) is 5.78. The van der Waals surface area contributed by atoms with E-state index >= 15 is 0 Å². The third-order valence-corrected chi connectivity index (χ3v) is 3.69. The highest BCUT2D eigenvalue weighted by molar-refractivity contribution is 7.98. The fourth-order valence-electron chi connectivity index (χ4n) is 1.74. The zero-order valence-electron chi connectivity index (χ0n) is 11.1. The molecule has 0 spiro atoms. The van der Waals surface area contributed by atoms with Crippen LogP contribution in [0.5, 0.6) is 0 Å². The van der Waals surface area contributed by atoms with Crippen LogP contribution in [0.4, 0.5) is 5.69 Å². The van der Waals surface area contributed by atoms with Gasteiger partial charge in [-0.3, -0.25) is 4.98 Å². The van der Waals surface area contributed by atoms with E-state index in [-0.39, 0.29) is 6.61 Å². The second-order valence-electron chi connectivity index (χ2n) is 4.35. The first kappa shape index (κ1) is 14.3. The van der Waals surface area contributed by atoms with E-state index in [1.165, 1.54) is 0 Å². The molecule has 0 radical (unpaired) electrons. The van der Waals surface area contributed by atoms with Crippen molar-refractivity contribution in [1.82, 2.24) is 4.98 Å². The zero-order valence-corrected chi connectivity index (χ0v) is 11.9. The number of aryl methyl sites for hydroxylation is 1. The lowest BCUT2D eigenvalue weighted by Gasteiger charge is -2.28. The molecule has 0 amide bonds. The first-order valence-corrected chi connectivity index (χ1v) is 7.27. The molecule has 0 fully saturated rings. The first-order chi connectivity index (χ1) is 8.10. The van der Waals surface area contributed by atoms with Crippen LogP contribution >= 0.6 is 11.8 Å². The third kappa shape index (κ3) is 3.89. The van der Waals surface area contributed by atoms with Gasteiger partial charge in [-0.05, 0) is 38.3 Å². The largest absolute Gasteiger partial charge is 0.392 e. The van der Waals surface area contributed by atoms with E-state index in [1.54, 1.807) is 6.20 Å². The van der Waals surface area contributed by atoms with E-state index in [9.17, 15) is 5.11 Å². The van der Waals surface area contributed by atoms with Gasteiger partial charge in [-0.15, -0.1) is 0 Å². The van der Waals surface area contributed by atoms with Crippen molar-refractivity contribution in [3.8, 4) is 0 Å². The molecule has 0 bridgehead atoms. The summed E-state index contributed by atoms with van der Waals surface area (Å²) in [6.07, 6.45) is 5.04. The number of hydrogen-bond acceptors (Lipinski definition) is 4. The lowest BCUT2D eigenvalue weighted by Crippen LogP contribution is -2.30. The number of nitrogens with zero attached hydrogens (tertiary/aromatic N) is 2. The predicted octanol–water partition coefficient (Wildman–Crippen LogP) is 2.46. The summed E-state index contributed by atoms with van der Waals surface area (Å²) in [6, 6.07) is 2.51. The average molecular weight is 254 g/mol. The molecule has 1 aromatic rings. The van der Waals surface area contributed by atoms with E-state index < -0.39 is 0 Å². The van der Waals surface area contributed by atoms with Gasteiger partial charge in [0.2, 0.25) is 0 Å². The lowest BCUT2D eigenvalue weighted by atomic mass is 10.1. The molecule has 17 heavy (non-hydrogen) atoms. The molecule has 1 atom stereocenters. The van der Waals surface area contributed by atoms with Crippen molar-refractivity contribution in [3.63, 3.8) is 0 Å². The average Bonchev–Trinajstić information content (AvgIpc) is 2.34.